The van der Waals surface area contributed by atoms with Crippen LogP contribution in [0.15, 0.2) is 47.8 Å². The van der Waals surface area contributed by atoms with Crippen LogP contribution in [-0.4, -0.2) is 48.7 Å². The van der Waals surface area contributed by atoms with E-state index in [4.69, 9.17) is 5.41 Å². The molecule has 0 radical (unpaired) electrons. The molecule has 1 aliphatic carbocycles. The predicted octanol–water partition coefficient (Wildman–Crippen LogP) is 4.91. The molecular weight excluding hydrogens is 513 g/mol. The minimum absolute atomic E-state index is 0.0761. The second-order valence-corrected chi connectivity index (χ2v) is 9.62. The summed E-state index contributed by atoms with van der Waals surface area (Å²) in [5.41, 5.74) is 2.56. The Bertz CT molecular complexity index is 1330. The number of nitrogens with zero attached hydrogens (tertiary/aromatic N) is 1. The van der Waals surface area contributed by atoms with Gasteiger partial charge < -0.3 is 20.3 Å². The second-order valence-electron chi connectivity index (χ2n) is 9.62. The molecule has 1 atom stereocenters. The lowest BCUT2D eigenvalue weighted by atomic mass is 9.90. The molecule has 0 saturated heterocycles. The van der Waals surface area contributed by atoms with Gasteiger partial charge in [0.2, 0.25) is 0 Å². The van der Waals surface area contributed by atoms with Gasteiger partial charge >= 0.3 is 6.36 Å². The summed E-state index contributed by atoms with van der Waals surface area (Å²) >= 11 is 0. The third kappa shape index (κ3) is 7.04. The summed E-state index contributed by atoms with van der Waals surface area (Å²) in [5, 5.41) is 13.9. The van der Waals surface area contributed by atoms with Crippen LogP contribution < -0.4 is 15.4 Å². The van der Waals surface area contributed by atoms with Crippen molar-refractivity contribution in [3.05, 3.63) is 70.0 Å². The molecule has 3 N–H and O–H groups in total. The molecule has 1 unspecified atom stereocenters. The SMILES string of the molecule is CC(=C(NC(=O)C(=N)C1CCCc2cc(OC(F)(F)F)ccc2C1=O)C(=O)Nc1c(C)cccc1C)N(C)C. The number of hydrogen-bond acceptors (Lipinski definition) is 6. The molecule has 3 rings (SSSR count). The summed E-state index contributed by atoms with van der Waals surface area (Å²) in [4.78, 5) is 41.4. The van der Waals surface area contributed by atoms with Crippen molar-refractivity contribution in [2.75, 3.05) is 19.4 Å². The Kier molecular flexibility index (Phi) is 8.83. The van der Waals surface area contributed by atoms with E-state index in [9.17, 15) is 27.6 Å². The molecule has 0 fully saturated rings. The summed E-state index contributed by atoms with van der Waals surface area (Å²) in [6.07, 6.45) is -4.08. The number of nitrogens with one attached hydrogen (secondary N) is 3. The third-order valence-electron chi connectivity index (χ3n) is 6.64. The Labute approximate surface area is 224 Å². The number of halogens is 3. The number of amides is 2. The van der Waals surface area contributed by atoms with Crippen LogP contribution in [0, 0.1) is 25.2 Å². The molecule has 8 nitrogen and oxygen atoms in total. The van der Waals surface area contributed by atoms with Gasteiger partial charge in [-0.1, -0.05) is 18.2 Å². The smallest absolute Gasteiger partial charge is 0.406 e. The van der Waals surface area contributed by atoms with Gasteiger partial charge in [-0.05, 0) is 74.9 Å². The molecule has 0 bridgehead atoms. The zero-order chi connectivity index (χ0) is 29.1. The Morgan fingerprint density at radius 3 is 2.31 bits per heavy atom. The van der Waals surface area contributed by atoms with Gasteiger partial charge in [0.1, 0.15) is 17.2 Å². The molecule has 0 saturated carbocycles. The lowest BCUT2D eigenvalue weighted by Gasteiger charge is -2.21. The van der Waals surface area contributed by atoms with Gasteiger partial charge in [0.05, 0.1) is 5.92 Å². The van der Waals surface area contributed by atoms with Gasteiger partial charge in [0.15, 0.2) is 5.78 Å². The highest BCUT2D eigenvalue weighted by molar-refractivity contribution is 6.43. The minimum atomic E-state index is -4.87. The number of benzene rings is 2. The number of alkyl halides is 3. The van der Waals surface area contributed by atoms with E-state index in [-0.39, 0.29) is 24.1 Å². The molecule has 11 heteroatoms. The van der Waals surface area contributed by atoms with Crippen LogP contribution in [-0.2, 0) is 16.0 Å². The number of aryl methyl sites for hydroxylation is 3. The summed E-state index contributed by atoms with van der Waals surface area (Å²) in [6.45, 7) is 5.32. The highest BCUT2D eigenvalue weighted by atomic mass is 19.4. The van der Waals surface area contributed by atoms with Crippen LogP contribution in [0.2, 0.25) is 0 Å². The third-order valence-corrected chi connectivity index (χ3v) is 6.64. The van der Waals surface area contributed by atoms with E-state index in [1.54, 1.807) is 25.9 Å². The number of ketones is 1. The molecule has 0 aromatic heterocycles. The molecule has 39 heavy (non-hydrogen) atoms. The fourth-order valence-electron chi connectivity index (χ4n) is 4.37. The molecule has 2 amide bonds. The maximum absolute atomic E-state index is 13.3. The van der Waals surface area contributed by atoms with Crippen LogP contribution in [0.25, 0.3) is 0 Å². The number of Topliss-reactive ketones (excluding diaryl/α,β-unsaturated/α-hetero) is 1. The lowest BCUT2D eigenvalue weighted by molar-refractivity contribution is -0.274. The number of carbonyl (C=O) groups is 3. The number of fused-ring (bicyclic) bond motifs is 1. The fraction of sp³-hybridized carbons (Fsp3) is 0.357. The first-order valence-electron chi connectivity index (χ1n) is 12.3. The highest BCUT2D eigenvalue weighted by Gasteiger charge is 2.35. The highest BCUT2D eigenvalue weighted by Crippen LogP contribution is 2.31. The zero-order valence-corrected chi connectivity index (χ0v) is 22.4. The first-order chi connectivity index (χ1) is 18.2. The van der Waals surface area contributed by atoms with Crippen molar-refractivity contribution in [1.82, 2.24) is 10.2 Å². The number of ether oxygens (including phenoxy) is 1. The van der Waals surface area contributed by atoms with E-state index in [2.05, 4.69) is 15.4 Å². The number of allylic oxidation sites excluding steroid dienone is 1. The standard InChI is InChI=1S/C28H31F3N4O4/c1-15-8-6-9-16(2)23(15)33-27(38)24(17(3)35(4)5)34-26(37)22(32)21-11-7-10-18-14-19(39-28(29,30)31)12-13-20(18)25(21)36/h6,8-9,12-14,21,32H,7,10-11H2,1-5H3,(H,33,38)(H,34,37). The van der Waals surface area contributed by atoms with Crippen LogP contribution in [0.4, 0.5) is 18.9 Å². The Morgan fingerprint density at radius 1 is 1.08 bits per heavy atom. The van der Waals surface area contributed by atoms with Crippen molar-refractivity contribution in [2.45, 2.75) is 46.4 Å². The van der Waals surface area contributed by atoms with Crippen LogP contribution in [0.1, 0.15) is 46.8 Å². The van der Waals surface area contributed by atoms with E-state index in [1.165, 1.54) is 6.07 Å². The van der Waals surface area contributed by atoms with E-state index in [0.29, 0.717) is 23.4 Å². The zero-order valence-electron chi connectivity index (χ0n) is 22.4. The first kappa shape index (κ1) is 29.4. The number of para-hydroxylation sites is 1. The largest absolute Gasteiger partial charge is 0.573 e. The van der Waals surface area contributed by atoms with Crippen LogP contribution in [0.3, 0.4) is 0 Å². The molecule has 208 valence electrons. The van der Waals surface area contributed by atoms with Crippen molar-refractivity contribution in [1.29, 1.82) is 5.41 Å². The van der Waals surface area contributed by atoms with Crippen molar-refractivity contribution < 1.29 is 32.3 Å². The molecule has 1 aliphatic rings. The van der Waals surface area contributed by atoms with Gasteiger partial charge in [0, 0.05) is 31.0 Å². The number of carbonyl (C=O) groups excluding carboxylic acids is 3. The van der Waals surface area contributed by atoms with E-state index in [0.717, 1.165) is 23.3 Å². The summed E-state index contributed by atoms with van der Waals surface area (Å²) in [5.74, 6) is -3.61. The first-order valence-corrected chi connectivity index (χ1v) is 12.3. The van der Waals surface area contributed by atoms with Gasteiger partial charge in [-0.2, -0.15) is 0 Å². The van der Waals surface area contributed by atoms with E-state index in [1.807, 2.05) is 32.0 Å². The fourth-order valence-corrected chi connectivity index (χ4v) is 4.37. The van der Waals surface area contributed by atoms with Gasteiger partial charge in [0.25, 0.3) is 11.8 Å². The summed E-state index contributed by atoms with van der Waals surface area (Å²) in [6, 6.07) is 8.96. The maximum Gasteiger partial charge on any atom is 0.573 e. The topological polar surface area (TPSA) is 112 Å². The predicted molar refractivity (Wildman–Crippen MR) is 141 cm³/mol. The van der Waals surface area contributed by atoms with Gasteiger partial charge in [-0.15, -0.1) is 13.2 Å². The summed E-state index contributed by atoms with van der Waals surface area (Å²) in [7, 11) is 3.39. The Morgan fingerprint density at radius 2 is 1.72 bits per heavy atom. The van der Waals surface area contributed by atoms with Gasteiger partial charge in [-0.3, -0.25) is 19.8 Å². The molecular formula is C28H31F3N4O4. The van der Waals surface area contributed by atoms with Crippen molar-refractivity contribution in [3.8, 4) is 5.75 Å². The number of hydrogen-bond donors (Lipinski definition) is 3. The Hall–Kier alpha value is -4.15. The van der Waals surface area contributed by atoms with Gasteiger partial charge in [-0.25, -0.2) is 0 Å². The second kappa shape index (κ2) is 11.7. The van der Waals surface area contributed by atoms with Crippen molar-refractivity contribution in [3.63, 3.8) is 0 Å². The molecule has 0 aliphatic heterocycles. The monoisotopic (exact) mass is 544 g/mol. The lowest BCUT2D eigenvalue weighted by Crippen LogP contribution is -2.41. The van der Waals surface area contributed by atoms with Crippen LogP contribution >= 0.6 is 0 Å². The molecule has 0 spiro atoms. The quantitative estimate of drug-likeness (QED) is 0.261. The number of rotatable bonds is 7. The van der Waals surface area contributed by atoms with Crippen molar-refractivity contribution >= 4 is 29.0 Å². The maximum atomic E-state index is 13.3. The summed E-state index contributed by atoms with van der Waals surface area (Å²) < 4.78 is 41.8. The van der Waals surface area contributed by atoms with Crippen LogP contribution in [0.5, 0.6) is 5.75 Å². The molecule has 2 aromatic rings. The average Bonchev–Trinajstić information content (AvgIpc) is 3.00. The van der Waals surface area contributed by atoms with E-state index < -0.39 is 41.3 Å². The average molecular weight is 545 g/mol. The number of anilines is 1. The molecule has 0 heterocycles. The molecule has 2 aromatic carbocycles. The Balaban J connectivity index is 1.84. The normalized spacial score (nSPS) is 15.9. The van der Waals surface area contributed by atoms with Crippen molar-refractivity contribution in [2.24, 2.45) is 5.92 Å². The minimum Gasteiger partial charge on any atom is -0.406 e. The van der Waals surface area contributed by atoms with E-state index >= 15 is 0 Å².